The Morgan fingerprint density at radius 3 is 2.73 bits per heavy atom. The maximum Gasteiger partial charge on any atom is 0.337 e. The number of carbonyl (C=O) groups excluding carboxylic acids is 1. The van der Waals surface area contributed by atoms with Crippen molar-refractivity contribution in [2.24, 2.45) is 0 Å². The van der Waals surface area contributed by atoms with Crippen LogP contribution in [0.4, 0.5) is 0 Å². The molecule has 0 saturated carbocycles. The van der Waals surface area contributed by atoms with Gasteiger partial charge in [-0.05, 0) is 0 Å². The maximum absolute atomic E-state index is 10.4. The highest BCUT2D eigenvalue weighted by atomic mass is 35.5. The third-order valence-electron chi connectivity index (χ3n) is 0.945. The SMILES string of the molecule is O=C(O)C=C1OC(=O)C=C1Cl. The van der Waals surface area contributed by atoms with Crippen LogP contribution < -0.4 is 0 Å². The van der Waals surface area contributed by atoms with Crippen molar-refractivity contribution in [2.45, 2.75) is 0 Å². The second kappa shape index (κ2) is 2.75. The highest BCUT2D eigenvalue weighted by Gasteiger charge is 2.18. The minimum Gasteiger partial charge on any atom is -0.478 e. The number of allylic oxidation sites excluding steroid dienone is 1. The average molecular weight is 175 g/mol. The second-order valence-corrected chi connectivity index (χ2v) is 2.17. The molecule has 0 aromatic heterocycles. The molecule has 1 rings (SSSR count). The van der Waals surface area contributed by atoms with E-state index in [1.54, 1.807) is 0 Å². The lowest BCUT2D eigenvalue weighted by atomic mass is 10.4. The summed E-state index contributed by atoms with van der Waals surface area (Å²) in [6, 6.07) is 0. The van der Waals surface area contributed by atoms with Crippen LogP contribution in [0, 0.1) is 0 Å². The summed E-state index contributed by atoms with van der Waals surface area (Å²) >= 11 is 5.40. The number of hydrogen-bond donors (Lipinski definition) is 1. The Bertz CT molecular complexity index is 276. The molecule has 0 fully saturated rings. The first kappa shape index (κ1) is 7.81. The first-order chi connectivity index (χ1) is 5.09. The van der Waals surface area contributed by atoms with Gasteiger partial charge in [-0.25, -0.2) is 9.59 Å². The molecule has 0 unspecified atom stereocenters. The first-order valence-corrected chi connectivity index (χ1v) is 3.01. The molecular weight excluding hydrogens is 172 g/mol. The van der Waals surface area contributed by atoms with Gasteiger partial charge in [0, 0.05) is 6.08 Å². The van der Waals surface area contributed by atoms with Crippen LogP contribution in [0.3, 0.4) is 0 Å². The van der Waals surface area contributed by atoms with E-state index in [1.165, 1.54) is 0 Å². The molecular formula is C6H3ClO4. The minimum atomic E-state index is -1.21. The van der Waals surface area contributed by atoms with Gasteiger partial charge < -0.3 is 9.84 Å². The Morgan fingerprint density at radius 1 is 1.73 bits per heavy atom. The summed E-state index contributed by atoms with van der Waals surface area (Å²) in [5.41, 5.74) is 0. The van der Waals surface area contributed by atoms with Crippen LogP contribution in [-0.2, 0) is 14.3 Å². The summed E-state index contributed by atoms with van der Waals surface area (Å²) in [6.45, 7) is 0. The summed E-state index contributed by atoms with van der Waals surface area (Å²) < 4.78 is 4.40. The van der Waals surface area contributed by atoms with E-state index in [2.05, 4.69) is 4.74 Å². The molecule has 0 radical (unpaired) electrons. The van der Waals surface area contributed by atoms with E-state index in [0.29, 0.717) is 0 Å². The van der Waals surface area contributed by atoms with Crippen molar-refractivity contribution < 1.29 is 19.4 Å². The minimum absolute atomic E-state index is 0.0115. The van der Waals surface area contributed by atoms with Crippen LogP contribution in [0.25, 0.3) is 0 Å². The zero-order valence-corrected chi connectivity index (χ0v) is 5.96. The average Bonchev–Trinajstić information content (AvgIpc) is 2.09. The smallest absolute Gasteiger partial charge is 0.337 e. The van der Waals surface area contributed by atoms with Gasteiger partial charge in [0.1, 0.15) is 0 Å². The Labute approximate surface area is 66.7 Å². The molecule has 0 aliphatic carbocycles. The van der Waals surface area contributed by atoms with Crippen molar-refractivity contribution in [1.29, 1.82) is 0 Å². The Hall–Kier alpha value is -1.29. The highest BCUT2D eigenvalue weighted by Crippen LogP contribution is 2.22. The van der Waals surface area contributed by atoms with E-state index in [9.17, 15) is 9.59 Å². The molecule has 0 bridgehead atoms. The van der Waals surface area contributed by atoms with E-state index >= 15 is 0 Å². The standard InChI is InChI=1S/C6H3ClO4/c7-3-1-6(10)11-4(3)2-5(8)9/h1-2H,(H,8,9). The van der Waals surface area contributed by atoms with Crippen molar-refractivity contribution in [3.8, 4) is 0 Å². The summed E-state index contributed by atoms with van der Waals surface area (Å²) in [7, 11) is 0. The van der Waals surface area contributed by atoms with Crippen molar-refractivity contribution in [2.75, 3.05) is 0 Å². The van der Waals surface area contributed by atoms with Crippen LogP contribution >= 0.6 is 11.6 Å². The summed E-state index contributed by atoms with van der Waals surface area (Å²) in [6.07, 6.45) is 1.74. The Morgan fingerprint density at radius 2 is 2.36 bits per heavy atom. The monoisotopic (exact) mass is 174 g/mol. The normalized spacial score (nSPS) is 19.9. The number of carbonyl (C=O) groups is 2. The van der Waals surface area contributed by atoms with Gasteiger partial charge >= 0.3 is 11.9 Å². The lowest BCUT2D eigenvalue weighted by Crippen LogP contribution is -1.95. The molecule has 11 heavy (non-hydrogen) atoms. The topological polar surface area (TPSA) is 63.6 Å². The van der Waals surface area contributed by atoms with Gasteiger partial charge in [0.25, 0.3) is 0 Å². The zero-order valence-electron chi connectivity index (χ0n) is 5.20. The molecule has 58 valence electrons. The lowest BCUT2D eigenvalue weighted by Gasteiger charge is -1.93. The van der Waals surface area contributed by atoms with Crippen LogP contribution in [-0.4, -0.2) is 17.0 Å². The third kappa shape index (κ3) is 1.81. The van der Waals surface area contributed by atoms with Crippen LogP contribution in [0.15, 0.2) is 22.9 Å². The largest absolute Gasteiger partial charge is 0.478 e. The highest BCUT2D eigenvalue weighted by molar-refractivity contribution is 6.34. The van der Waals surface area contributed by atoms with Gasteiger partial charge in [-0.2, -0.15) is 0 Å². The maximum atomic E-state index is 10.4. The van der Waals surface area contributed by atoms with Crippen molar-refractivity contribution in [3.63, 3.8) is 0 Å². The van der Waals surface area contributed by atoms with Gasteiger partial charge in [0.15, 0.2) is 5.76 Å². The van der Waals surface area contributed by atoms with Gasteiger partial charge in [-0.3, -0.25) is 0 Å². The number of cyclic esters (lactones) is 1. The fourth-order valence-electron chi connectivity index (χ4n) is 0.572. The summed E-state index contributed by atoms with van der Waals surface area (Å²) in [4.78, 5) is 20.5. The molecule has 0 amide bonds. The van der Waals surface area contributed by atoms with Crippen molar-refractivity contribution in [1.82, 2.24) is 0 Å². The van der Waals surface area contributed by atoms with Gasteiger partial charge in [0.05, 0.1) is 11.1 Å². The van der Waals surface area contributed by atoms with E-state index in [-0.39, 0.29) is 10.8 Å². The van der Waals surface area contributed by atoms with Crippen LogP contribution in [0.5, 0.6) is 0 Å². The molecule has 0 spiro atoms. The van der Waals surface area contributed by atoms with E-state index < -0.39 is 11.9 Å². The summed E-state index contributed by atoms with van der Waals surface area (Å²) in [5.74, 6) is -1.98. The predicted molar refractivity (Wildman–Crippen MR) is 35.7 cm³/mol. The van der Waals surface area contributed by atoms with E-state index in [4.69, 9.17) is 16.7 Å². The number of halogens is 1. The Kier molecular flexibility index (Phi) is 1.96. The molecule has 1 N–H and O–H groups in total. The van der Waals surface area contributed by atoms with Crippen LogP contribution in [0.1, 0.15) is 0 Å². The van der Waals surface area contributed by atoms with E-state index in [1.807, 2.05) is 0 Å². The third-order valence-corrected chi connectivity index (χ3v) is 1.24. The molecule has 1 aliphatic rings. The fraction of sp³-hybridized carbons (Fsp3) is 0. The number of hydrogen-bond acceptors (Lipinski definition) is 3. The van der Waals surface area contributed by atoms with Gasteiger partial charge in [-0.15, -0.1) is 0 Å². The van der Waals surface area contributed by atoms with Crippen LogP contribution in [0.2, 0.25) is 0 Å². The second-order valence-electron chi connectivity index (χ2n) is 1.76. The van der Waals surface area contributed by atoms with Gasteiger partial charge in [0.2, 0.25) is 0 Å². The zero-order chi connectivity index (χ0) is 8.43. The van der Waals surface area contributed by atoms with Crippen molar-refractivity contribution >= 4 is 23.5 Å². The molecule has 1 heterocycles. The summed E-state index contributed by atoms with van der Waals surface area (Å²) in [5, 5.41) is 8.24. The first-order valence-electron chi connectivity index (χ1n) is 2.63. The molecule has 5 heteroatoms. The molecule has 0 aromatic rings. The molecule has 0 saturated heterocycles. The van der Waals surface area contributed by atoms with Crippen molar-refractivity contribution in [3.05, 3.63) is 22.9 Å². The molecule has 0 atom stereocenters. The Balaban J connectivity index is 2.87. The number of rotatable bonds is 1. The number of ether oxygens (including phenoxy) is 1. The number of carboxylic acid groups (broad SMARTS) is 1. The van der Waals surface area contributed by atoms with Gasteiger partial charge in [-0.1, -0.05) is 11.6 Å². The molecule has 0 aromatic carbocycles. The molecule has 4 nitrogen and oxygen atoms in total. The predicted octanol–water partition coefficient (Wildman–Crippen LogP) is 0.634. The lowest BCUT2D eigenvalue weighted by molar-refractivity contribution is -0.132. The molecule has 1 aliphatic heterocycles. The number of aliphatic carboxylic acids is 1. The fourth-order valence-corrected chi connectivity index (χ4v) is 0.754. The number of carboxylic acids is 1. The number of esters is 1. The van der Waals surface area contributed by atoms with E-state index in [0.717, 1.165) is 12.2 Å². The quantitative estimate of drug-likeness (QED) is 0.468.